The molecule has 6 heteroatoms. The SMILES string of the molecule is O=C(COC(=O)c1ccc(F)cc1)NCc1ccco1. The molecule has 0 radical (unpaired) electrons. The molecule has 0 saturated heterocycles. The molecule has 20 heavy (non-hydrogen) atoms. The van der Waals surface area contributed by atoms with Crippen LogP contribution < -0.4 is 5.32 Å². The van der Waals surface area contributed by atoms with Crippen LogP contribution in [0.5, 0.6) is 0 Å². The Labute approximate surface area is 114 Å². The number of halogens is 1. The van der Waals surface area contributed by atoms with E-state index in [9.17, 15) is 14.0 Å². The number of rotatable bonds is 5. The van der Waals surface area contributed by atoms with Gasteiger partial charge in [-0.2, -0.15) is 0 Å². The van der Waals surface area contributed by atoms with Crippen molar-refractivity contribution in [2.24, 2.45) is 0 Å². The normalized spacial score (nSPS) is 10.1. The second-order valence-corrected chi connectivity index (χ2v) is 3.94. The lowest BCUT2D eigenvalue weighted by atomic mass is 10.2. The number of ether oxygens (including phenoxy) is 1. The first-order valence-electron chi connectivity index (χ1n) is 5.87. The molecule has 0 aliphatic rings. The zero-order valence-electron chi connectivity index (χ0n) is 10.5. The van der Waals surface area contributed by atoms with Gasteiger partial charge < -0.3 is 14.5 Å². The summed E-state index contributed by atoms with van der Waals surface area (Å²) in [6, 6.07) is 8.29. The first-order chi connectivity index (χ1) is 9.65. The molecule has 0 atom stereocenters. The lowest BCUT2D eigenvalue weighted by molar-refractivity contribution is -0.124. The Bertz CT molecular complexity index is 578. The average molecular weight is 277 g/mol. The molecule has 1 heterocycles. The summed E-state index contributed by atoms with van der Waals surface area (Å²) < 4.78 is 22.5. The fourth-order valence-corrected chi connectivity index (χ4v) is 1.45. The van der Waals surface area contributed by atoms with Crippen LogP contribution >= 0.6 is 0 Å². The quantitative estimate of drug-likeness (QED) is 0.847. The Balaban J connectivity index is 1.75. The fourth-order valence-electron chi connectivity index (χ4n) is 1.45. The minimum absolute atomic E-state index is 0.185. The van der Waals surface area contributed by atoms with Gasteiger partial charge in [-0.1, -0.05) is 0 Å². The molecule has 0 aliphatic carbocycles. The van der Waals surface area contributed by atoms with E-state index < -0.39 is 24.3 Å². The molecule has 104 valence electrons. The van der Waals surface area contributed by atoms with Gasteiger partial charge in [0.15, 0.2) is 6.61 Å². The van der Waals surface area contributed by atoms with Crippen molar-refractivity contribution in [1.82, 2.24) is 5.32 Å². The van der Waals surface area contributed by atoms with Crippen LogP contribution in [-0.4, -0.2) is 18.5 Å². The molecule has 0 fully saturated rings. The number of hydrogen-bond donors (Lipinski definition) is 1. The van der Waals surface area contributed by atoms with Gasteiger partial charge in [-0.15, -0.1) is 0 Å². The van der Waals surface area contributed by atoms with E-state index >= 15 is 0 Å². The van der Waals surface area contributed by atoms with Crippen LogP contribution in [0.15, 0.2) is 47.1 Å². The predicted octanol–water partition coefficient (Wildman–Crippen LogP) is 1.89. The number of amides is 1. The van der Waals surface area contributed by atoms with Crippen molar-refractivity contribution in [3.63, 3.8) is 0 Å². The second kappa shape index (κ2) is 6.51. The Morgan fingerprint density at radius 3 is 2.60 bits per heavy atom. The highest BCUT2D eigenvalue weighted by Gasteiger charge is 2.10. The molecule has 1 amide bonds. The Hall–Kier alpha value is -2.63. The minimum atomic E-state index is -0.682. The number of hydrogen-bond acceptors (Lipinski definition) is 4. The maximum Gasteiger partial charge on any atom is 0.338 e. The smallest absolute Gasteiger partial charge is 0.338 e. The number of carbonyl (C=O) groups is 2. The van der Waals surface area contributed by atoms with Crippen LogP contribution in [0.1, 0.15) is 16.1 Å². The minimum Gasteiger partial charge on any atom is -0.467 e. The summed E-state index contributed by atoms with van der Waals surface area (Å²) >= 11 is 0. The number of carbonyl (C=O) groups excluding carboxylic acids is 2. The fraction of sp³-hybridized carbons (Fsp3) is 0.143. The van der Waals surface area contributed by atoms with Crippen LogP contribution in [0.25, 0.3) is 0 Å². The van der Waals surface area contributed by atoms with Crippen molar-refractivity contribution in [2.75, 3.05) is 6.61 Å². The monoisotopic (exact) mass is 277 g/mol. The molecule has 0 bridgehead atoms. The zero-order chi connectivity index (χ0) is 14.4. The highest BCUT2D eigenvalue weighted by molar-refractivity contribution is 5.91. The van der Waals surface area contributed by atoms with Gasteiger partial charge in [0.05, 0.1) is 18.4 Å². The van der Waals surface area contributed by atoms with E-state index in [1.807, 2.05) is 0 Å². The number of nitrogens with one attached hydrogen (secondary N) is 1. The highest BCUT2D eigenvalue weighted by Crippen LogP contribution is 2.04. The van der Waals surface area contributed by atoms with E-state index in [1.54, 1.807) is 12.1 Å². The molecule has 1 aromatic carbocycles. The van der Waals surface area contributed by atoms with Gasteiger partial charge in [0.2, 0.25) is 0 Å². The summed E-state index contributed by atoms with van der Waals surface area (Å²) in [4.78, 5) is 23.0. The van der Waals surface area contributed by atoms with Crippen LogP contribution in [0, 0.1) is 5.82 Å². The topological polar surface area (TPSA) is 68.5 Å². The maximum atomic E-state index is 12.7. The maximum absolute atomic E-state index is 12.7. The molecule has 1 aromatic heterocycles. The average Bonchev–Trinajstić information content (AvgIpc) is 2.96. The number of esters is 1. The van der Waals surface area contributed by atoms with E-state index in [0.29, 0.717) is 5.76 Å². The third kappa shape index (κ3) is 3.94. The van der Waals surface area contributed by atoms with Crippen molar-refractivity contribution in [1.29, 1.82) is 0 Å². The van der Waals surface area contributed by atoms with Crippen molar-refractivity contribution in [2.45, 2.75) is 6.54 Å². The standard InChI is InChI=1S/C14H12FNO4/c15-11-5-3-10(4-6-11)14(18)20-9-13(17)16-8-12-2-1-7-19-12/h1-7H,8-9H2,(H,16,17). The van der Waals surface area contributed by atoms with Crippen molar-refractivity contribution >= 4 is 11.9 Å². The lowest BCUT2D eigenvalue weighted by Crippen LogP contribution is -2.28. The molecule has 0 unspecified atom stereocenters. The number of benzene rings is 1. The van der Waals surface area contributed by atoms with E-state index in [4.69, 9.17) is 9.15 Å². The molecule has 1 N–H and O–H groups in total. The van der Waals surface area contributed by atoms with Gasteiger partial charge in [0, 0.05) is 0 Å². The molecule has 2 rings (SSSR count). The van der Waals surface area contributed by atoms with E-state index in [2.05, 4.69) is 5.32 Å². The second-order valence-electron chi connectivity index (χ2n) is 3.94. The van der Waals surface area contributed by atoms with Crippen LogP contribution in [0.3, 0.4) is 0 Å². The lowest BCUT2D eigenvalue weighted by Gasteiger charge is -2.05. The van der Waals surface area contributed by atoms with Gasteiger partial charge in [0.25, 0.3) is 5.91 Å². The van der Waals surface area contributed by atoms with E-state index in [0.717, 1.165) is 12.1 Å². The van der Waals surface area contributed by atoms with Gasteiger partial charge >= 0.3 is 5.97 Å². The van der Waals surface area contributed by atoms with Crippen LogP contribution in [0.2, 0.25) is 0 Å². The van der Waals surface area contributed by atoms with Crippen molar-refractivity contribution in [3.05, 3.63) is 59.8 Å². The van der Waals surface area contributed by atoms with Gasteiger partial charge in [-0.25, -0.2) is 9.18 Å². The third-order valence-electron chi connectivity index (χ3n) is 2.45. The largest absolute Gasteiger partial charge is 0.467 e. The molecule has 0 aliphatic heterocycles. The summed E-state index contributed by atoms with van der Waals surface area (Å²) in [6.45, 7) is -0.184. The first-order valence-corrected chi connectivity index (χ1v) is 5.87. The van der Waals surface area contributed by atoms with Gasteiger partial charge in [0.1, 0.15) is 11.6 Å². The Morgan fingerprint density at radius 1 is 1.20 bits per heavy atom. The molecule has 5 nitrogen and oxygen atoms in total. The summed E-state index contributed by atoms with van der Waals surface area (Å²) in [5, 5.41) is 2.53. The van der Waals surface area contributed by atoms with E-state index in [-0.39, 0.29) is 12.1 Å². The van der Waals surface area contributed by atoms with Crippen molar-refractivity contribution in [3.8, 4) is 0 Å². The predicted molar refractivity (Wildman–Crippen MR) is 67.2 cm³/mol. The molecular formula is C14H12FNO4. The summed E-state index contributed by atoms with van der Waals surface area (Å²) in [7, 11) is 0. The van der Waals surface area contributed by atoms with Gasteiger partial charge in [-0.3, -0.25) is 4.79 Å². The molecular weight excluding hydrogens is 265 g/mol. The zero-order valence-corrected chi connectivity index (χ0v) is 10.5. The molecule has 0 saturated carbocycles. The van der Waals surface area contributed by atoms with Gasteiger partial charge in [-0.05, 0) is 36.4 Å². The third-order valence-corrected chi connectivity index (χ3v) is 2.45. The summed E-state index contributed by atoms with van der Waals surface area (Å²) in [6.07, 6.45) is 1.50. The summed E-state index contributed by atoms with van der Waals surface area (Å²) in [5.74, 6) is -0.976. The molecule has 2 aromatic rings. The number of furan rings is 1. The van der Waals surface area contributed by atoms with Crippen molar-refractivity contribution < 1.29 is 23.1 Å². The molecule has 0 spiro atoms. The Kier molecular flexibility index (Phi) is 4.49. The highest BCUT2D eigenvalue weighted by atomic mass is 19.1. The van der Waals surface area contributed by atoms with E-state index in [1.165, 1.54) is 18.4 Å². The van der Waals surface area contributed by atoms with Crippen LogP contribution in [-0.2, 0) is 16.1 Å². The Morgan fingerprint density at radius 2 is 1.95 bits per heavy atom. The first kappa shape index (κ1) is 13.8. The van der Waals surface area contributed by atoms with Crippen LogP contribution in [0.4, 0.5) is 4.39 Å². The summed E-state index contributed by atoms with van der Waals surface area (Å²) in [5.41, 5.74) is 0.185.